The van der Waals surface area contributed by atoms with E-state index in [1.807, 2.05) is 0 Å². The number of aromatic nitrogens is 1. The van der Waals surface area contributed by atoms with Gasteiger partial charge in [-0.15, -0.1) is 11.3 Å². The number of nitrogens with zero attached hydrogens (tertiary/aromatic N) is 1. The van der Waals surface area contributed by atoms with Gasteiger partial charge in [0.2, 0.25) is 5.91 Å². The van der Waals surface area contributed by atoms with Crippen molar-refractivity contribution < 1.29 is 22.4 Å². The highest BCUT2D eigenvalue weighted by Gasteiger charge is 2.33. The minimum Gasteiger partial charge on any atom is -0.465 e. The Morgan fingerprint density at radius 3 is 2.90 bits per heavy atom. The molecule has 0 bridgehead atoms. The molecule has 4 nitrogen and oxygen atoms in total. The molecule has 1 amide bonds. The number of hydrogen-bond acceptors (Lipinski definition) is 4. The summed E-state index contributed by atoms with van der Waals surface area (Å²) in [6.07, 6.45) is 0.103. The fourth-order valence-corrected chi connectivity index (χ4v) is 2.26. The number of carbonyl (C=O) groups is 1. The Bertz CT molecular complexity index is 618. The molecule has 0 atom stereocenters. The summed E-state index contributed by atoms with van der Waals surface area (Å²) in [4.78, 5) is 14.9. The van der Waals surface area contributed by atoms with Gasteiger partial charge in [0.1, 0.15) is 5.76 Å². The quantitative estimate of drug-likeness (QED) is 0.862. The second-order valence-electron chi connectivity index (χ2n) is 4.01. The predicted octanol–water partition coefficient (Wildman–Crippen LogP) is 3.13. The highest BCUT2D eigenvalue weighted by Crippen LogP contribution is 2.29. The lowest BCUT2D eigenvalue weighted by molar-refractivity contribution is -0.140. The predicted molar refractivity (Wildman–Crippen MR) is 71.6 cm³/mol. The molecular formula is C13H11F3N2O2S. The molecule has 0 radical (unpaired) electrons. The van der Waals surface area contributed by atoms with E-state index in [1.54, 1.807) is 12.1 Å². The minimum atomic E-state index is -4.43. The molecule has 21 heavy (non-hydrogen) atoms. The van der Waals surface area contributed by atoms with Gasteiger partial charge in [0.05, 0.1) is 11.3 Å². The third kappa shape index (κ3) is 4.75. The van der Waals surface area contributed by atoms with Crippen LogP contribution in [-0.4, -0.2) is 17.4 Å². The zero-order valence-electron chi connectivity index (χ0n) is 10.7. The summed E-state index contributed by atoms with van der Waals surface area (Å²) in [6, 6.07) is 3.39. The molecule has 0 aromatic carbocycles. The summed E-state index contributed by atoms with van der Waals surface area (Å²) in [7, 11) is 0. The van der Waals surface area contributed by atoms with Crippen molar-refractivity contribution in [3.8, 4) is 0 Å². The van der Waals surface area contributed by atoms with Crippen LogP contribution in [0, 0.1) is 0 Å². The summed E-state index contributed by atoms with van der Waals surface area (Å²) >= 11 is 0.924. The molecule has 0 aliphatic heterocycles. The molecule has 0 spiro atoms. The van der Waals surface area contributed by atoms with Crippen molar-refractivity contribution in [3.05, 3.63) is 46.3 Å². The van der Waals surface area contributed by atoms with E-state index in [0.717, 1.165) is 16.7 Å². The van der Waals surface area contributed by atoms with Gasteiger partial charge in [0.25, 0.3) is 0 Å². The van der Waals surface area contributed by atoms with Crippen molar-refractivity contribution in [1.82, 2.24) is 10.3 Å². The van der Waals surface area contributed by atoms with Crippen molar-refractivity contribution in [2.45, 2.75) is 12.6 Å². The Balaban J connectivity index is 1.76. The third-order valence-electron chi connectivity index (χ3n) is 2.42. The second kappa shape index (κ2) is 6.57. The number of thiazole rings is 1. The number of furan rings is 1. The van der Waals surface area contributed by atoms with E-state index in [0.29, 0.717) is 10.8 Å². The van der Waals surface area contributed by atoms with Gasteiger partial charge < -0.3 is 9.73 Å². The summed E-state index contributed by atoms with van der Waals surface area (Å²) in [5, 5.41) is 3.86. The Labute approximate surface area is 122 Å². The average molecular weight is 316 g/mol. The van der Waals surface area contributed by atoms with Crippen LogP contribution in [0.25, 0.3) is 6.08 Å². The first-order valence-corrected chi connectivity index (χ1v) is 6.84. The molecule has 8 heteroatoms. The van der Waals surface area contributed by atoms with Crippen LogP contribution < -0.4 is 5.32 Å². The standard InChI is InChI=1S/C13H11F3N2O2S/c14-13(15,16)10-8-21-12(18-10)5-6-17-11(19)4-3-9-2-1-7-20-9/h1-4,7-8H,5-6H2,(H,17,19). The average Bonchev–Trinajstić information content (AvgIpc) is 3.07. The Hall–Kier alpha value is -2.09. The maximum atomic E-state index is 12.3. The lowest BCUT2D eigenvalue weighted by Crippen LogP contribution is -2.23. The Morgan fingerprint density at radius 2 is 2.29 bits per heavy atom. The monoisotopic (exact) mass is 316 g/mol. The topological polar surface area (TPSA) is 55.1 Å². The maximum absolute atomic E-state index is 12.3. The number of carbonyl (C=O) groups excluding carboxylic acids is 1. The summed E-state index contributed by atoms with van der Waals surface area (Å²) < 4.78 is 42.0. The molecule has 2 heterocycles. The third-order valence-corrected chi connectivity index (χ3v) is 3.33. The van der Waals surface area contributed by atoms with Gasteiger partial charge in [0, 0.05) is 24.4 Å². The highest BCUT2D eigenvalue weighted by atomic mass is 32.1. The zero-order valence-corrected chi connectivity index (χ0v) is 11.5. The molecule has 2 aromatic heterocycles. The molecular weight excluding hydrogens is 305 g/mol. The molecule has 2 rings (SSSR count). The van der Waals surface area contributed by atoms with Crippen molar-refractivity contribution in [2.75, 3.05) is 6.54 Å². The SMILES string of the molecule is O=C(C=Cc1ccco1)NCCc1nc(C(F)(F)F)cs1. The molecule has 0 saturated heterocycles. The number of alkyl halides is 3. The van der Waals surface area contributed by atoms with Gasteiger partial charge in [-0.3, -0.25) is 4.79 Å². The molecule has 0 fully saturated rings. The van der Waals surface area contributed by atoms with Crippen LogP contribution in [0.15, 0.2) is 34.3 Å². The normalized spacial score (nSPS) is 12.0. The van der Waals surface area contributed by atoms with Crippen molar-refractivity contribution in [1.29, 1.82) is 0 Å². The highest BCUT2D eigenvalue weighted by molar-refractivity contribution is 7.09. The fourth-order valence-electron chi connectivity index (χ4n) is 1.45. The van der Waals surface area contributed by atoms with Crippen LogP contribution in [0.5, 0.6) is 0 Å². The van der Waals surface area contributed by atoms with Crippen molar-refractivity contribution in [2.24, 2.45) is 0 Å². The number of hydrogen-bond donors (Lipinski definition) is 1. The van der Waals surface area contributed by atoms with Crippen LogP contribution in [0.3, 0.4) is 0 Å². The van der Waals surface area contributed by atoms with Crippen LogP contribution in [0.4, 0.5) is 13.2 Å². The first-order valence-electron chi connectivity index (χ1n) is 5.96. The van der Waals surface area contributed by atoms with E-state index in [1.165, 1.54) is 18.4 Å². The van der Waals surface area contributed by atoms with Gasteiger partial charge in [0.15, 0.2) is 5.69 Å². The minimum absolute atomic E-state index is 0.214. The van der Waals surface area contributed by atoms with E-state index in [2.05, 4.69) is 10.3 Å². The molecule has 0 aliphatic rings. The maximum Gasteiger partial charge on any atom is 0.434 e. The number of rotatable bonds is 5. The largest absolute Gasteiger partial charge is 0.465 e. The zero-order chi connectivity index (χ0) is 15.3. The molecule has 0 saturated carbocycles. The summed E-state index contributed by atoms with van der Waals surface area (Å²) in [5.74, 6) is 0.193. The molecule has 0 unspecified atom stereocenters. The number of halogens is 3. The van der Waals surface area contributed by atoms with Gasteiger partial charge in [-0.1, -0.05) is 0 Å². The van der Waals surface area contributed by atoms with Gasteiger partial charge in [-0.25, -0.2) is 4.98 Å². The van der Waals surface area contributed by atoms with E-state index < -0.39 is 11.9 Å². The first-order chi connectivity index (χ1) is 9.95. The lowest BCUT2D eigenvalue weighted by Gasteiger charge is -2.01. The summed E-state index contributed by atoms with van der Waals surface area (Å²) in [6.45, 7) is 0.214. The molecule has 112 valence electrons. The van der Waals surface area contributed by atoms with Gasteiger partial charge in [-0.2, -0.15) is 13.2 Å². The van der Waals surface area contributed by atoms with E-state index in [-0.39, 0.29) is 18.9 Å². The Morgan fingerprint density at radius 1 is 1.48 bits per heavy atom. The van der Waals surface area contributed by atoms with Crippen LogP contribution in [0.1, 0.15) is 16.5 Å². The number of amides is 1. The van der Waals surface area contributed by atoms with Crippen LogP contribution in [-0.2, 0) is 17.4 Å². The molecule has 0 aliphatic carbocycles. The van der Waals surface area contributed by atoms with E-state index in [4.69, 9.17) is 4.42 Å². The van der Waals surface area contributed by atoms with Crippen molar-refractivity contribution >= 4 is 23.3 Å². The second-order valence-corrected chi connectivity index (χ2v) is 4.96. The van der Waals surface area contributed by atoms with E-state index >= 15 is 0 Å². The summed E-state index contributed by atoms with van der Waals surface area (Å²) in [5.41, 5.74) is -0.897. The molecule has 2 aromatic rings. The van der Waals surface area contributed by atoms with Crippen LogP contribution in [0.2, 0.25) is 0 Å². The van der Waals surface area contributed by atoms with Gasteiger partial charge >= 0.3 is 6.18 Å². The number of nitrogens with one attached hydrogen (secondary N) is 1. The molecule has 1 N–H and O–H groups in total. The first kappa shape index (κ1) is 15.3. The lowest BCUT2D eigenvalue weighted by atomic mass is 10.3. The van der Waals surface area contributed by atoms with Gasteiger partial charge in [-0.05, 0) is 18.2 Å². The van der Waals surface area contributed by atoms with E-state index in [9.17, 15) is 18.0 Å². The Kier molecular flexibility index (Phi) is 4.79. The fraction of sp³-hybridized carbons (Fsp3) is 0.231. The van der Waals surface area contributed by atoms with Crippen LogP contribution >= 0.6 is 11.3 Å². The van der Waals surface area contributed by atoms with Crippen molar-refractivity contribution in [3.63, 3.8) is 0 Å². The smallest absolute Gasteiger partial charge is 0.434 e.